The molecule has 0 heterocycles. The summed E-state index contributed by atoms with van der Waals surface area (Å²) in [5.41, 5.74) is 2.48. The van der Waals surface area contributed by atoms with Crippen molar-refractivity contribution >= 4 is 11.8 Å². The maximum Gasteiger partial charge on any atom is 0.261 e. The number of hydrogen-bond donors (Lipinski definition) is 1. The van der Waals surface area contributed by atoms with E-state index in [0.717, 1.165) is 16.7 Å². The average Bonchev–Trinajstić information content (AvgIpc) is 2.70. The minimum Gasteiger partial charge on any atom is -0.497 e. The Morgan fingerprint density at radius 1 is 1.10 bits per heavy atom. The molecule has 168 valence electrons. The second-order valence-corrected chi connectivity index (χ2v) is 8.85. The van der Waals surface area contributed by atoms with Gasteiger partial charge in [0.05, 0.1) is 7.11 Å². The Kier molecular flexibility index (Phi) is 8.08. The van der Waals surface area contributed by atoms with Crippen molar-refractivity contribution in [2.75, 3.05) is 13.7 Å². The predicted octanol–water partition coefficient (Wildman–Crippen LogP) is 4.02. The van der Waals surface area contributed by atoms with Crippen LogP contribution in [0.25, 0.3) is 0 Å². The molecule has 0 aromatic heterocycles. The van der Waals surface area contributed by atoms with E-state index >= 15 is 0 Å². The topological polar surface area (TPSA) is 67.9 Å². The average molecular weight is 427 g/mol. The fourth-order valence-corrected chi connectivity index (χ4v) is 3.11. The smallest absolute Gasteiger partial charge is 0.261 e. The first-order chi connectivity index (χ1) is 14.5. The summed E-state index contributed by atoms with van der Waals surface area (Å²) < 4.78 is 11.1. The summed E-state index contributed by atoms with van der Waals surface area (Å²) in [4.78, 5) is 27.5. The molecule has 2 aromatic rings. The third-order valence-corrected chi connectivity index (χ3v) is 4.85. The van der Waals surface area contributed by atoms with E-state index in [4.69, 9.17) is 9.47 Å². The van der Waals surface area contributed by atoms with Crippen molar-refractivity contribution < 1.29 is 19.1 Å². The van der Waals surface area contributed by atoms with Crippen molar-refractivity contribution in [3.8, 4) is 11.5 Å². The summed E-state index contributed by atoms with van der Waals surface area (Å²) in [6.07, 6.45) is 0. The van der Waals surface area contributed by atoms with Gasteiger partial charge in [0.1, 0.15) is 17.5 Å². The van der Waals surface area contributed by atoms with Crippen LogP contribution in [-0.2, 0) is 16.1 Å². The van der Waals surface area contributed by atoms with Gasteiger partial charge in [-0.3, -0.25) is 9.59 Å². The largest absolute Gasteiger partial charge is 0.497 e. The molecule has 2 aromatic carbocycles. The van der Waals surface area contributed by atoms with Crippen LogP contribution >= 0.6 is 0 Å². The summed E-state index contributed by atoms with van der Waals surface area (Å²) in [6.45, 7) is 11.5. The minimum absolute atomic E-state index is 0.151. The van der Waals surface area contributed by atoms with Gasteiger partial charge in [-0.1, -0.05) is 24.3 Å². The Labute approximate surface area is 185 Å². The maximum absolute atomic E-state index is 13.2. The second kappa shape index (κ2) is 10.3. The second-order valence-electron chi connectivity index (χ2n) is 8.85. The number of methoxy groups -OCH3 is 1. The van der Waals surface area contributed by atoms with Gasteiger partial charge in [0.25, 0.3) is 5.91 Å². The molecule has 6 heteroatoms. The molecule has 31 heavy (non-hydrogen) atoms. The van der Waals surface area contributed by atoms with Crippen LogP contribution in [0.5, 0.6) is 11.5 Å². The fraction of sp³-hybridized carbons (Fsp3) is 0.440. The van der Waals surface area contributed by atoms with Crippen molar-refractivity contribution in [2.24, 2.45) is 0 Å². The Morgan fingerprint density at radius 2 is 1.81 bits per heavy atom. The number of carbonyl (C=O) groups is 2. The highest BCUT2D eigenvalue weighted by atomic mass is 16.5. The number of aryl methyl sites for hydroxylation is 2. The Balaban J connectivity index is 2.23. The third kappa shape index (κ3) is 7.31. The number of nitrogens with one attached hydrogen (secondary N) is 1. The van der Waals surface area contributed by atoms with Crippen LogP contribution in [0.15, 0.2) is 42.5 Å². The molecular weight excluding hydrogens is 392 g/mol. The number of amides is 2. The lowest BCUT2D eigenvalue weighted by Crippen LogP contribution is -2.53. The number of nitrogens with zero attached hydrogens (tertiary/aromatic N) is 1. The Hall–Kier alpha value is -3.02. The standard InChI is InChI=1S/C25H34N2O4/c1-17-11-12-18(2)22(13-17)31-16-23(28)27(19(3)24(29)26-25(4,5)6)15-20-9-8-10-21(14-20)30-7/h8-14,19H,15-16H2,1-7H3,(H,26,29)/t19-/m0/s1. The van der Waals surface area contributed by atoms with Gasteiger partial charge in [0.2, 0.25) is 5.91 Å². The molecule has 0 aliphatic carbocycles. The highest BCUT2D eigenvalue weighted by molar-refractivity contribution is 5.88. The van der Waals surface area contributed by atoms with Gasteiger partial charge in [-0.15, -0.1) is 0 Å². The number of hydrogen-bond acceptors (Lipinski definition) is 4. The zero-order chi connectivity index (χ0) is 23.2. The quantitative estimate of drug-likeness (QED) is 0.692. The zero-order valence-corrected chi connectivity index (χ0v) is 19.6. The third-order valence-electron chi connectivity index (χ3n) is 4.85. The van der Waals surface area contributed by atoms with E-state index in [1.165, 1.54) is 0 Å². The van der Waals surface area contributed by atoms with E-state index in [1.807, 2.05) is 77.1 Å². The number of carbonyl (C=O) groups excluding carboxylic acids is 2. The van der Waals surface area contributed by atoms with Crippen LogP contribution in [0.3, 0.4) is 0 Å². The van der Waals surface area contributed by atoms with Crippen LogP contribution < -0.4 is 14.8 Å². The van der Waals surface area contributed by atoms with E-state index in [9.17, 15) is 9.59 Å². The lowest BCUT2D eigenvalue weighted by molar-refractivity contribution is -0.142. The minimum atomic E-state index is -0.667. The highest BCUT2D eigenvalue weighted by Crippen LogP contribution is 2.20. The fourth-order valence-electron chi connectivity index (χ4n) is 3.11. The molecule has 1 N–H and O–H groups in total. The molecule has 1 atom stereocenters. The summed E-state index contributed by atoms with van der Waals surface area (Å²) in [5.74, 6) is 0.889. The summed E-state index contributed by atoms with van der Waals surface area (Å²) >= 11 is 0. The zero-order valence-electron chi connectivity index (χ0n) is 19.6. The van der Waals surface area contributed by atoms with E-state index < -0.39 is 11.6 Å². The molecule has 6 nitrogen and oxygen atoms in total. The van der Waals surface area contributed by atoms with Gasteiger partial charge in [0, 0.05) is 12.1 Å². The lowest BCUT2D eigenvalue weighted by Gasteiger charge is -2.31. The first kappa shape index (κ1) is 24.3. The monoisotopic (exact) mass is 426 g/mol. The first-order valence-corrected chi connectivity index (χ1v) is 10.4. The van der Waals surface area contributed by atoms with E-state index in [0.29, 0.717) is 11.5 Å². The van der Waals surface area contributed by atoms with Gasteiger partial charge in [-0.2, -0.15) is 0 Å². The van der Waals surface area contributed by atoms with Gasteiger partial charge in [0.15, 0.2) is 6.61 Å². The van der Waals surface area contributed by atoms with Gasteiger partial charge >= 0.3 is 0 Å². The molecular formula is C25H34N2O4. The van der Waals surface area contributed by atoms with Crippen LogP contribution in [0.4, 0.5) is 0 Å². The van der Waals surface area contributed by atoms with Crippen LogP contribution in [0, 0.1) is 13.8 Å². The SMILES string of the molecule is COc1cccc(CN(C(=O)COc2cc(C)ccc2C)[C@@H](C)C(=O)NC(C)(C)C)c1. The normalized spacial score (nSPS) is 12.1. The molecule has 0 bridgehead atoms. The van der Waals surface area contributed by atoms with Crippen LogP contribution in [0.2, 0.25) is 0 Å². The maximum atomic E-state index is 13.2. The van der Waals surface area contributed by atoms with E-state index in [-0.39, 0.29) is 25.0 Å². The molecule has 0 saturated heterocycles. The molecule has 0 aliphatic heterocycles. The summed E-state index contributed by atoms with van der Waals surface area (Å²) in [7, 11) is 1.60. The van der Waals surface area contributed by atoms with Crippen LogP contribution in [0.1, 0.15) is 44.4 Å². The molecule has 0 spiro atoms. The number of rotatable bonds is 8. The van der Waals surface area contributed by atoms with Crippen molar-refractivity contribution in [3.05, 3.63) is 59.2 Å². The molecule has 0 radical (unpaired) electrons. The van der Waals surface area contributed by atoms with Crippen molar-refractivity contribution in [2.45, 2.75) is 59.7 Å². The number of benzene rings is 2. The highest BCUT2D eigenvalue weighted by Gasteiger charge is 2.28. The molecule has 2 rings (SSSR count). The Morgan fingerprint density at radius 3 is 2.45 bits per heavy atom. The van der Waals surface area contributed by atoms with Gasteiger partial charge in [-0.25, -0.2) is 0 Å². The van der Waals surface area contributed by atoms with Gasteiger partial charge in [-0.05, 0) is 76.4 Å². The van der Waals surface area contributed by atoms with Crippen molar-refractivity contribution in [3.63, 3.8) is 0 Å². The molecule has 2 amide bonds. The molecule has 0 fully saturated rings. The summed E-state index contributed by atoms with van der Waals surface area (Å²) in [6, 6.07) is 12.7. The van der Waals surface area contributed by atoms with Crippen molar-refractivity contribution in [1.82, 2.24) is 10.2 Å². The van der Waals surface area contributed by atoms with E-state index in [1.54, 1.807) is 18.9 Å². The number of ether oxygens (including phenoxy) is 2. The predicted molar refractivity (Wildman–Crippen MR) is 122 cm³/mol. The van der Waals surface area contributed by atoms with E-state index in [2.05, 4.69) is 5.32 Å². The first-order valence-electron chi connectivity index (χ1n) is 10.4. The summed E-state index contributed by atoms with van der Waals surface area (Å²) in [5, 5.41) is 2.95. The van der Waals surface area contributed by atoms with Crippen molar-refractivity contribution in [1.29, 1.82) is 0 Å². The molecule has 0 unspecified atom stereocenters. The molecule has 0 saturated carbocycles. The van der Waals surface area contributed by atoms with Gasteiger partial charge < -0.3 is 19.7 Å². The lowest BCUT2D eigenvalue weighted by atomic mass is 10.1. The Bertz CT molecular complexity index is 918. The van der Waals surface area contributed by atoms with Crippen LogP contribution in [-0.4, -0.2) is 42.0 Å². The molecule has 0 aliphatic rings.